The Balaban J connectivity index is 2.20. The molecule has 0 atom stereocenters. The Kier molecular flexibility index (Phi) is 2.39. The standard InChI is InChI=1S/C6H3ClN6S/c7-6-4(10-12-14-6)2-13-3-9-5(1-8)11-13/h3H,2H2. The molecule has 6 nitrogen and oxygen atoms in total. The number of aromatic nitrogens is 5. The zero-order chi connectivity index (χ0) is 9.97. The second kappa shape index (κ2) is 3.69. The number of nitrogens with zero attached hydrogens (tertiary/aromatic N) is 6. The highest BCUT2D eigenvalue weighted by atomic mass is 35.5. The average molecular weight is 227 g/mol. The molecule has 0 saturated heterocycles. The second-order valence-corrected chi connectivity index (χ2v) is 3.73. The fraction of sp³-hybridized carbons (Fsp3) is 0.167. The number of hydrogen-bond acceptors (Lipinski definition) is 6. The first kappa shape index (κ1) is 9.05. The molecule has 0 fully saturated rings. The third-order valence-corrected chi connectivity index (χ3v) is 2.44. The first-order chi connectivity index (χ1) is 6.79. The summed E-state index contributed by atoms with van der Waals surface area (Å²) < 4.78 is 5.69. The summed E-state index contributed by atoms with van der Waals surface area (Å²) in [5, 5.41) is 16.2. The minimum Gasteiger partial charge on any atom is -0.245 e. The van der Waals surface area contributed by atoms with E-state index in [9.17, 15) is 0 Å². The van der Waals surface area contributed by atoms with Crippen LogP contribution in [0.15, 0.2) is 6.33 Å². The predicted molar refractivity (Wildman–Crippen MR) is 48.8 cm³/mol. The summed E-state index contributed by atoms with van der Waals surface area (Å²) in [6.07, 6.45) is 1.45. The van der Waals surface area contributed by atoms with Gasteiger partial charge in [0.25, 0.3) is 5.82 Å². The van der Waals surface area contributed by atoms with Gasteiger partial charge in [0.05, 0.1) is 6.54 Å². The third kappa shape index (κ3) is 1.71. The second-order valence-electron chi connectivity index (χ2n) is 2.37. The van der Waals surface area contributed by atoms with Crippen molar-refractivity contribution in [2.75, 3.05) is 0 Å². The molecule has 0 unspecified atom stereocenters. The molecule has 0 N–H and O–H groups in total. The largest absolute Gasteiger partial charge is 0.252 e. The topological polar surface area (TPSA) is 80.3 Å². The van der Waals surface area contributed by atoms with Gasteiger partial charge in [0.2, 0.25) is 0 Å². The molecule has 0 aromatic carbocycles. The first-order valence-electron chi connectivity index (χ1n) is 3.56. The molecule has 0 radical (unpaired) electrons. The van der Waals surface area contributed by atoms with Crippen LogP contribution in [0.3, 0.4) is 0 Å². The molecule has 14 heavy (non-hydrogen) atoms. The van der Waals surface area contributed by atoms with Crippen molar-refractivity contribution < 1.29 is 0 Å². The van der Waals surface area contributed by atoms with Crippen molar-refractivity contribution in [1.82, 2.24) is 24.4 Å². The lowest BCUT2D eigenvalue weighted by Crippen LogP contribution is -2.01. The molecule has 2 heterocycles. The summed E-state index contributed by atoms with van der Waals surface area (Å²) >= 11 is 6.91. The van der Waals surface area contributed by atoms with Gasteiger partial charge in [0.1, 0.15) is 22.4 Å². The van der Waals surface area contributed by atoms with Crippen LogP contribution in [0, 0.1) is 11.3 Å². The van der Waals surface area contributed by atoms with Gasteiger partial charge in [-0.1, -0.05) is 16.1 Å². The van der Waals surface area contributed by atoms with Crippen LogP contribution in [0.5, 0.6) is 0 Å². The number of hydrogen-bond donors (Lipinski definition) is 0. The number of nitriles is 1. The fourth-order valence-corrected chi connectivity index (χ4v) is 1.48. The zero-order valence-corrected chi connectivity index (χ0v) is 8.33. The molecule has 2 aromatic rings. The van der Waals surface area contributed by atoms with E-state index in [0.717, 1.165) is 11.5 Å². The lowest BCUT2D eigenvalue weighted by atomic mass is 10.5. The van der Waals surface area contributed by atoms with Crippen LogP contribution in [0.25, 0.3) is 0 Å². The van der Waals surface area contributed by atoms with Crippen LogP contribution in [-0.4, -0.2) is 24.4 Å². The summed E-state index contributed by atoms with van der Waals surface area (Å²) in [6.45, 7) is 0.379. The van der Waals surface area contributed by atoms with Gasteiger partial charge in [0.15, 0.2) is 0 Å². The van der Waals surface area contributed by atoms with Crippen LogP contribution >= 0.6 is 23.1 Å². The molecule has 0 aliphatic rings. The Labute approximate surface area is 87.9 Å². The minimum absolute atomic E-state index is 0.129. The van der Waals surface area contributed by atoms with Crippen LogP contribution in [0.2, 0.25) is 4.34 Å². The van der Waals surface area contributed by atoms with E-state index in [1.165, 1.54) is 11.0 Å². The monoisotopic (exact) mass is 226 g/mol. The number of rotatable bonds is 2. The SMILES string of the molecule is N#Cc1ncn(Cc2nnsc2Cl)n1. The fourth-order valence-electron chi connectivity index (χ4n) is 0.867. The summed E-state index contributed by atoms with van der Waals surface area (Å²) in [5.74, 6) is 0.129. The van der Waals surface area contributed by atoms with Gasteiger partial charge in [-0.15, -0.1) is 10.2 Å². The van der Waals surface area contributed by atoms with Crippen molar-refractivity contribution in [3.63, 3.8) is 0 Å². The van der Waals surface area contributed by atoms with Gasteiger partial charge in [0, 0.05) is 11.5 Å². The van der Waals surface area contributed by atoms with E-state index in [4.69, 9.17) is 16.9 Å². The lowest BCUT2D eigenvalue weighted by molar-refractivity contribution is 0.666. The van der Waals surface area contributed by atoms with E-state index in [-0.39, 0.29) is 5.82 Å². The zero-order valence-electron chi connectivity index (χ0n) is 6.75. The van der Waals surface area contributed by atoms with Gasteiger partial charge >= 0.3 is 0 Å². The summed E-state index contributed by atoms with van der Waals surface area (Å²) in [4.78, 5) is 3.75. The van der Waals surface area contributed by atoms with E-state index < -0.39 is 0 Å². The highest BCUT2D eigenvalue weighted by molar-refractivity contribution is 7.10. The summed E-state index contributed by atoms with van der Waals surface area (Å²) in [6, 6.07) is 1.83. The van der Waals surface area contributed by atoms with Crippen LogP contribution < -0.4 is 0 Å². The smallest absolute Gasteiger partial charge is 0.245 e. The molecule has 70 valence electrons. The van der Waals surface area contributed by atoms with Crippen LogP contribution in [-0.2, 0) is 6.54 Å². The van der Waals surface area contributed by atoms with E-state index in [2.05, 4.69) is 19.7 Å². The van der Waals surface area contributed by atoms with Gasteiger partial charge in [-0.3, -0.25) is 0 Å². The van der Waals surface area contributed by atoms with E-state index in [1.54, 1.807) is 0 Å². The molecule has 0 saturated carbocycles. The highest BCUT2D eigenvalue weighted by Gasteiger charge is 2.07. The first-order valence-corrected chi connectivity index (χ1v) is 4.71. The summed E-state index contributed by atoms with van der Waals surface area (Å²) in [7, 11) is 0. The highest BCUT2D eigenvalue weighted by Crippen LogP contribution is 2.17. The Bertz CT molecular complexity index is 482. The van der Waals surface area contributed by atoms with E-state index in [0.29, 0.717) is 16.6 Å². The van der Waals surface area contributed by atoms with Crippen molar-refractivity contribution in [2.45, 2.75) is 6.54 Å². The molecule has 0 aliphatic heterocycles. The maximum atomic E-state index is 8.49. The molecule has 2 rings (SSSR count). The van der Waals surface area contributed by atoms with Crippen molar-refractivity contribution in [1.29, 1.82) is 5.26 Å². The van der Waals surface area contributed by atoms with Gasteiger partial charge in [-0.25, -0.2) is 9.67 Å². The maximum Gasteiger partial charge on any atom is 0.252 e. The normalized spacial score (nSPS) is 10.0. The molecule has 2 aromatic heterocycles. The van der Waals surface area contributed by atoms with E-state index in [1.807, 2.05) is 6.07 Å². The third-order valence-electron chi connectivity index (χ3n) is 1.46. The molecule has 8 heteroatoms. The predicted octanol–water partition coefficient (Wildman–Crippen LogP) is 0.703. The molecular weight excluding hydrogens is 224 g/mol. The van der Waals surface area contributed by atoms with Gasteiger partial charge in [-0.2, -0.15) is 5.26 Å². The van der Waals surface area contributed by atoms with Crippen LogP contribution in [0.1, 0.15) is 11.5 Å². The Morgan fingerprint density at radius 2 is 2.50 bits per heavy atom. The van der Waals surface area contributed by atoms with E-state index >= 15 is 0 Å². The van der Waals surface area contributed by atoms with Gasteiger partial charge < -0.3 is 0 Å². The Morgan fingerprint density at radius 1 is 1.64 bits per heavy atom. The van der Waals surface area contributed by atoms with Crippen molar-refractivity contribution in [3.8, 4) is 6.07 Å². The van der Waals surface area contributed by atoms with Crippen molar-refractivity contribution in [2.24, 2.45) is 0 Å². The summed E-state index contributed by atoms with van der Waals surface area (Å²) in [5.41, 5.74) is 0.631. The maximum absolute atomic E-state index is 8.49. The van der Waals surface area contributed by atoms with Crippen molar-refractivity contribution in [3.05, 3.63) is 22.2 Å². The lowest BCUT2D eigenvalue weighted by Gasteiger charge is -1.94. The molecule has 0 spiro atoms. The Hall–Kier alpha value is -1.52. The quantitative estimate of drug-likeness (QED) is 0.753. The van der Waals surface area contributed by atoms with Gasteiger partial charge in [-0.05, 0) is 0 Å². The molecule has 0 amide bonds. The Morgan fingerprint density at radius 3 is 3.07 bits per heavy atom. The average Bonchev–Trinajstić information content (AvgIpc) is 2.77. The number of halogens is 1. The molecule has 0 aliphatic carbocycles. The molecular formula is C6H3ClN6S. The minimum atomic E-state index is 0.129. The molecule has 0 bridgehead atoms. The van der Waals surface area contributed by atoms with Crippen LogP contribution in [0.4, 0.5) is 0 Å². The van der Waals surface area contributed by atoms with Crippen molar-refractivity contribution >= 4 is 23.1 Å².